The molecule has 1 saturated carbocycles. The zero-order chi connectivity index (χ0) is 25.6. The third kappa shape index (κ3) is 4.00. The normalized spacial score (nSPS) is 25.6. The Balaban J connectivity index is 1.33. The van der Waals surface area contributed by atoms with Gasteiger partial charge in [-0.3, -0.25) is 9.59 Å². The van der Waals surface area contributed by atoms with Gasteiger partial charge in [0.2, 0.25) is 0 Å². The van der Waals surface area contributed by atoms with Crippen LogP contribution in [0.15, 0.2) is 54.6 Å². The Morgan fingerprint density at radius 3 is 2.56 bits per heavy atom. The van der Waals surface area contributed by atoms with E-state index >= 15 is 0 Å². The summed E-state index contributed by atoms with van der Waals surface area (Å²) in [6.45, 7) is 4.09. The molecule has 2 heterocycles. The molecule has 1 N–H and O–H groups in total. The second kappa shape index (κ2) is 9.19. The van der Waals surface area contributed by atoms with E-state index in [1.54, 1.807) is 18.2 Å². The fourth-order valence-electron chi connectivity index (χ4n) is 6.47. The molecule has 188 valence electrons. The number of carboxylic acids is 1. The van der Waals surface area contributed by atoms with Crippen molar-refractivity contribution in [3.63, 3.8) is 0 Å². The van der Waals surface area contributed by atoms with E-state index in [0.717, 1.165) is 47.8 Å². The minimum atomic E-state index is -0.896. The number of para-hydroxylation sites is 1. The first-order valence-electron chi connectivity index (χ1n) is 12.6. The summed E-state index contributed by atoms with van der Waals surface area (Å²) in [4.78, 5) is 33.1. The highest BCUT2D eigenvalue weighted by Gasteiger charge is 2.51. The summed E-state index contributed by atoms with van der Waals surface area (Å²) in [5.41, 5.74) is 2.58. The van der Waals surface area contributed by atoms with E-state index in [4.69, 9.17) is 0 Å². The van der Waals surface area contributed by atoms with Gasteiger partial charge in [-0.1, -0.05) is 31.2 Å². The van der Waals surface area contributed by atoms with Gasteiger partial charge in [-0.2, -0.15) is 0 Å². The summed E-state index contributed by atoms with van der Waals surface area (Å²) in [5, 5.41) is 10.5. The summed E-state index contributed by atoms with van der Waals surface area (Å²) in [6.07, 6.45) is 3.44. The van der Waals surface area contributed by atoms with Crippen molar-refractivity contribution in [2.75, 3.05) is 18.5 Å². The maximum Gasteiger partial charge on any atom is 0.323 e. The quantitative estimate of drug-likeness (QED) is 0.530. The number of rotatable bonds is 5. The van der Waals surface area contributed by atoms with Crippen molar-refractivity contribution in [3.05, 3.63) is 71.7 Å². The molecule has 0 spiro atoms. The van der Waals surface area contributed by atoms with E-state index in [-0.39, 0.29) is 41.7 Å². The molecule has 2 atom stereocenters. The maximum absolute atomic E-state index is 14.3. The summed E-state index contributed by atoms with van der Waals surface area (Å²) in [6, 6.07) is 16.2. The molecule has 5 rings (SSSR count). The van der Waals surface area contributed by atoms with Crippen LogP contribution in [0.3, 0.4) is 0 Å². The van der Waals surface area contributed by atoms with Gasteiger partial charge in [0.25, 0.3) is 5.91 Å². The van der Waals surface area contributed by atoms with Gasteiger partial charge in [0, 0.05) is 35.6 Å². The number of nitrogens with zero attached hydrogens (tertiary/aromatic N) is 3. The van der Waals surface area contributed by atoms with Gasteiger partial charge in [0.15, 0.2) is 0 Å². The Kier molecular flexibility index (Phi) is 6.18. The molecule has 6 nitrogen and oxygen atoms in total. The Morgan fingerprint density at radius 1 is 1.11 bits per heavy atom. The Morgan fingerprint density at radius 2 is 1.83 bits per heavy atom. The van der Waals surface area contributed by atoms with Gasteiger partial charge >= 0.3 is 5.97 Å². The van der Waals surface area contributed by atoms with E-state index in [9.17, 15) is 19.1 Å². The van der Waals surface area contributed by atoms with Crippen molar-refractivity contribution in [3.8, 4) is 0 Å². The number of amides is 1. The van der Waals surface area contributed by atoms with Crippen molar-refractivity contribution in [1.29, 1.82) is 0 Å². The molecule has 1 aromatic heterocycles. The van der Waals surface area contributed by atoms with Crippen molar-refractivity contribution in [2.45, 2.75) is 57.0 Å². The average molecular weight is 490 g/mol. The van der Waals surface area contributed by atoms with Gasteiger partial charge < -0.3 is 14.9 Å². The molecule has 7 heteroatoms. The van der Waals surface area contributed by atoms with Crippen LogP contribution in [-0.2, 0) is 10.2 Å². The number of carboxylic acid groups (broad SMARTS) is 1. The second-order valence-electron chi connectivity index (χ2n) is 10.5. The highest BCUT2D eigenvalue weighted by molar-refractivity contribution is 5.95. The zero-order valence-electron chi connectivity index (χ0n) is 20.9. The summed E-state index contributed by atoms with van der Waals surface area (Å²) in [7, 11) is 1.85. The number of fused-ring (bicyclic) bond motifs is 2. The van der Waals surface area contributed by atoms with Gasteiger partial charge in [0.1, 0.15) is 18.1 Å². The van der Waals surface area contributed by atoms with Crippen LogP contribution in [-0.4, -0.2) is 52.5 Å². The zero-order valence-corrected chi connectivity index (χ0v) is 20.9. The molecule has 2 aromatic carbocycles. The second-order valence-corrected chi connectivity index (χ2v) is 10.5. The fourth-order valence-corrected chi connectivity index (χ4v) is 6.47. The van der Waals surface area contributed by atoms with Gasteiger partial charge in [-0.25, -0.2) is 9.37 Å². The Bertz CT molecular complexity index is 1320. The van der Waals surface area contributed by atoms with E-state index in [0.29, 0.717) is 5.69 Å². The number of aromatic nitrogens is 1. The lowest BCUT2D eigenvalue weighted by atomic mass is 9.63. The predicted molar refractivity (Wildman–Crippen MR) is 138 cm³/mol. The minimum absolute atomic E-state index is 0.0758. The van der Waals surface area contributed by atoms with E-state index < -0.39 is 5.97 Å². The number of carbonyl (C=O) groups is 2. The molecule has 1 aliphatic heterocycles. The van der Waals surface area contributed by atoms with E-state index in [1.165, 1.54) is 6.07 Å². The minimum Gasteiger partial charge on any atom is -0.480 e. The van der Waals surface area contributed by atoms with Gasteiger partial charge in [0.05, 0.1) is 5.52 Å². The molecular weight excluding hydrogens is 457 g/mol. The van der Waals surface area contributed by atoms with Crippen molar-refractivity contribution in [1.82, 2.24) is 9.88 Å². The number of benzene rings is 2. The Labute approximate surface area is 210 Å². The standard InChI is InChI=1S/C29H32FN3O3/c1-18-29(2,23-16-21(30)11-15-26(23)33(18)17-27(34)35)20-9-12-22(13-10-20)32(3)28(36)25-14-8-19-6-4-5-7-24(19)31-25/h4-8,11,14-16,18,20,22H,9-10,12-13,17H2,1-3H3,(H,34,35). The maximum atomic E-state index is 14.3. The number of aliphatic carboxylic acids is 1. The molecule has 2 aliphatic rings. The third-order valence-corrected chi connectivity index (χ3v) is 8.72. The fraction of sp³-hybridized carbons (Fsp3) is 0.414. The van der Waals surface area contributed by atoms with Crippen LogP contribution in [0.4, 0.5) is 10.1 Å². The molecule has 2 unspecified atom stereocenters. The van der Waals surface area contributed by atoms with Crippen LogP contribution >= 0.6 is 0 Å². The van der Waals surface area contributed by atoms with Crippen LogP contribution in [0.5, 0.6) is 0 Å². The van der Waals surface area contributed by atoms with Gasteiger partial charge in [-0.05, 0) is 74.4 Å². The van der Waals surface area contributed by atoms with Crippen LogP contribution in [0.25, 0.3) is 10.9 Å². The highest BCUT2D eigenvalue weighted by atomic mass is 19.1. The SMILES string of the molecule is CC1N(CC(=O)O)c2ccc(F)cc2C1(C)C1CCC(N(C)C(=O)c2ccc3ccccc3n2)CC1. The van der Waals surface area contributed by atoms with Crippen molar-refractivity contribution < 1.29 is 19.1 Å². The molecule has 0 bridgehead atoms. The number of carbonyl (C=O) groups excluding carboxylic acids is 1. The predicted octanol–water partition coefficient (Wildman–Crippen LogP) is 5.26. The lowest BCUT2D eigenvalue weighted by molar-refractivity contribution is -0.135. The van der Waals surface area contributed by atoms with Gasteiger partial charge in [-0.15, -0.1) is 0 Å². The molecule has 0 radical (unpaired) electrons. The summed E-state index contributed by atoms with van der Waals surface area (Å²) in [5.74, 6) is -1.02. The summed E-state index contributed by atoms with van der Waals surface area (Å²) >= 11 is 0. The van der Waals surface area contributed by atoms with Crippen molar-refractivity contribution >= 4 is 28.5 Å². The third-order valence-electron chi connectivity index (χ3n) is 8.72. The molecule has 1 fully saturated rings. The first kappa shape index (κ1) is 24.2. The largest absolute Gasteiger partial charge is 0.480 e. The first-order valence-corrected chi connectivity index (χ1v) is 12.6. The van der Waals surface area contributed by atoms with Crippen LogP contribution < -0.4 is 4.90 Å². The molecule has 0 saturated heterocycles. The molecule has 36 heavy (non-hydrogen) atoms. The number of pyridine rings is 1. The number of halogens is 1. The molecule has 3 aromatic rings. The lowest BCUT2D eigenvalue weighted by Crippen LogP contribution is -2.49. The highest BCUT2D eigenvalue weighted by Crippen LogP contribution is 2.53. The number of hydrogen-bond acceptors (Lipinski definition) is 4. The van der Waals surface area contributed by atoms with Crippen LogP contribution in [0.1, 0.15) is 55.6 Å². The average Bonchev–Trinajstić information content (AvgIpc) is 3.09. The van der Waals surface area contributed by atoms with E-state index in [1.807, 2.05) is 54.1 Å². The first-order chi connectivity index (χ1) is 17.2. The van der Waals surface area contributed by atoms with Crippen LogP contribution in [0.2, 0.25) is 0 Å². The monoisotopic (exact) mass is 489 g/mol. The van der Waals surface area contributed by atoms with Crippen LogP contribution in [0, 0.1) is 11.7 Å². The smallest absolute Gasteiger partial charge is 0.323 e. The number of hydrogen-bond donors (Lipinski definition) is 1. The number of anilines is 1. The summed E-state index contributed by atoms with van der Waals surface area (Å²) < 4.78 is 14.3. The molecular formula is C29H32FN3O3. The topological polar surface area (TPSA) is 73.7 Å². The lowest BCUT2D eigenvalue weighted by Gasteiger charge is -2.45. The molecule has 1 aliphatic carbocycles. The molecule has 1 amide bonds. The van der Waals surface area contributed by atoms with E-state index in [2.05, 4.69) is 11.9 Å². The Hall–Kier alpha value is -3.48. The van der Waals surface area contributed by atoms with Crippen molar-refractivity contribution in [2.24, 2.45) is 5.92 Å².